The third-order valence-corrected chi connectivity index (χ3v) is 2.64. The monoisotopic (exact) mass is 263 g/mol. The number of halogens is 1. The summed E-state index contributed by atoms with van der Waals surface area (Å²) in [5.41, 5.74) is 1.28. The summed E-state index contributed by atoms with van der Waals surface area (Å²) >= 11 is 0. The van der Waals surface area contributed by atoms with Gasteiger partial charge in [-0.05, 0) is 55.8 Å². The zero-order valence-corrected chi connectivity index (χ0v) is 11.6. The van der Waals surface area contributed by atoms with Crippen molar-refractivity contribution in [2.75, 3.05) is 0 Å². The molecule has 5 nitrogen and oxygen atoms in total. The summed E-state index contributed by atoms with van der Waals surface area (Å²) < 4.78 is 15.3. The Morgan fingerprint density at radius 3 is 2.74 bits per heavy atom. The average Bonchev–Trinajstić information content (AvgIpc) is 2.77. The van der Waals surface area contributed by atoms with Crippen molar-refractivity contribution in [3.63, 3.8) is 0 Å². The summed E-state index contributed by atoms with van der Waals surface area (Å²) in [6, 6.07) is 4.87. The minimum Gasteiger partial charge on any atom is -0.305 e. The first-order valence-corrected chi connectivity index (χ1v) is 6.15. The van der Waals surface area contributed by atoms with Crippen molar-refractivity contribution in [3.8, 4) is 5.69 Å². The zero-order valence-electron chi connectivity index (χ0n) is 11.6. The van der Waals surface area contributed by atoms with Crippen LogP contribution in [0.5, 0.6) is 0 Å². The first-order valence-electron chi connectivity index (χ1n) is 6.15. The molecule has 0 radical (unpaired) electrons. The molecule has 0 saturated carbocycles. The van der Waals surface area contributed by atoms with Crippen LogP contribution in [0.1, 0.15) is 32.2 Å². The molecule has 102 valence electrons. The Kier molecular flexibility index (Phi) is 3.61. The fraction of sp³-hybridized carbons (Fsp3) is 0.462. The van der Waals surface area contributed by atoms with Gasteiger partial charge < -0.3 is 5.32 Å². The minimum atomic E-state index is -0.338. The van der Waals surface area contributed by atoms with Crippen LogP contribution >= 0.6 is 0 Å². The smallest absolute Gasteiger partial charge is 0.170 e. The Morgan fingerprint density at radius 2 is 2.05 bits per heavy atom. The highest BCUT2D eigenvalue weighted by Gasteiger charge is 2.15. The van der Waals surface area contributed by atoms with Gasteiger partial charge in [-0.25, -0.2) is 4.39 Å². The van der Waals surface area contributed by atoms with E-state index in [1.54, 1.807) is 12.1 Å². The number of rotatable bonds is 3. The van der Waals surface area contributed by atoms with E-state index in [1.807, 2.05) is 27.7 Å². The van der Waals surface area contributed by atoms with Gasteiger partial charge in [0.25, 0.3) is 0 Å². The lowest BCUT2D eigenvalue weighted by atomic mass is 10.1. The number of nitrogens with one attached hydrogen (secondary N) is 1. The summed E-state index contributed by atoms with van der Waals surface area (Å²) in [5.74, 6) is 0.245. The number of aromatic nitrogens is 4. The summed E-state index contributed by atoms with van der Waals surface area (Å²) in [7, 11) is 0. The van der Waals surface area contributed by atoms with Crippen LogP contribution in [0.4, 0.5) is 4.39 Å². The molecule has 1 N–H and O–H groups in total. The van der Waals surface area contributed by atoms with E-state index in [9.17, 15) is 4.39 Å². The van der Waals surface area contributed by atoms with E-state index in [4.69, 9.17) is 0 Å². The van der Waals surface area contributed by atoms with E-state index in [-0.39, 0.29) is 11.4 Å². The molecule has 2 rings (SSSR count). The van der Waals surface area contributed by atoms with Gasteiger partial charge in [0.1, 0.15) is 11.5 Å². The molecule has 0 aliphatic heterocycles. The van der Waals surface area contributed by atoms with Crippen LogP contribution < -0.4 is 5.32 Å². The van der Waals surface area contributed by atoms with Crippen LogP contribution in [0.15, 0.2) is 18.2 Å². The second-order valence-electron chi connectivity index (χ2n) is 5.57. The van der Waals surface area contributed by atoms with Gasteiger partial charge >= 0.3 is 0 Å². The van der Waals surface area contributed by atoms with Crippen molar-refractivity contribution in [2.45, 2.75) is 39.8 Å². The number of hydrogen-bond donors (Lipinski definition) is 1. The molecular formula is C13H18FN5. The lowest BCUT2D eigenvalue weighted by Gasteiger charge is -2.19. The van der Waals surface area contributed by atoms with Crippen molar-refractivity contribution in [1.82, 2.24) is 25.5 Å². The van der Waals surface area contributed by atoms with Crippen LogP contribution in [0.25, 0.3) is 5.69 Å². The Morgan fingerprint density at radius 1 is 1.32 bits per heavy atom. The molecule has 19 heavy (non-hydrogen) atoms. The molecule has 1 heterocycles. The molecule has 0 aliphatic carbocycles. The zero-order chi connectivity index (χ0) is 14.0. The molecule has 0 saturated heterocycles. The van der Waals surface area contributed by atoms with Gasteiger partial charge in [0.05, 0.1) is 6.54 Å². The third kappa shape index (κ3) is 3.35. The van der Waals surface area contributed by atoms with Crippen molar-refractivity contribution >= 4 is 0 Å². The summed E-state index contributed by atoms with van der Waals surface area (Å²) in [6.07, 6.45) is 0. The SMILES string of the molecule is Cc1ccc(F)c(-n2nnnc2CNC(C)(C)C)c1. The molecule has 6 heteroatoms. The second-order valence-corrected chi connectivity index (χ2v) is 5.57. The molecule has 1 aromatic heterocycles. The highest BCUT2D eigenvalue weighted by molar-refractivity contribution is 5.36. The molecule has 0 fully saturated rings. The Balaban J connectivity index is 2.31. The quantitative estimate of drug-likeness (QED) is 0.920. The normalized spacial score (nSPS) is 11.8. The molecule has 0 amide bonds. The topological polar surface area (TPSA) is 55.6 Å². The molecule has 0 atom stereocenters. The standard InChI is InChI=1S/C13H18FN5/c1-9-5-6-10(14)11(7-9)19-12(16-17-18-19)8-15-13(2,3)4/h5-7,15H,8H2,1-4H3. The maximum Gasteiger partial charge on any atom is 0.170 e. The van der Waals surface area contributed by atoms with E-state index < -0.39 is 0 Å². The lowest BCUT2D eigenvalue weighted by molar-refractivity contribution is 0.414. The van der Waals surface area contributed by atoms with E-state index in [0.29, 0.717) is 18.1 Å². The first-order chi connectivity index (χ1) is 8.87. The first kappa shape index (κ1) is 13.6. The molecular weight excluding hydrogens is 245 g/mol. The highest BCUT2D eigenvalue weighted by Crippen LogP contribution is 2.15. The molecule has 0 unspecified atom stereocenters. The number of tetrazole rings is 1. The molecule has 1 aromatic carbocycles. The van der Waals surface area contributed by atoms with Gasteiger partial charge in [-0.3, -0.25) is 0 Å². The molecule has 2 aromatic rings. The summed E-state index contributed by atoms with van der Waals surface area (Å²) in [6.45, 7) is 8.53. The maximum atomic E-state index is 13.9. The maximum absolute atomic E-state index is 13.9. The molecule has 0 spiro atoms. The average molecular weight is 263 g/mol. The fourth-order valence-electron chi connectivity index (χ4n) is 1.63. The molecule has 0 bridgehead atoms. The largest absolute Gasteiger partial charge is 0.305 e. The fourth-order valence-corrected chi connectivity index (χ4v) is 1.63. The second kappa shape index (κ2) is 5.05. The predicted octanol–water partition coefficient (Wildman–Crippen LogP) is 2.00. The van der Waals surface area contributed by atoms with Gasteiger partial charge in [0, 0.05) is 5.54 Å². The summed E-state index contributed by atoms with van der Waals surface area (Å²) in [4.78, 5) is 0. The van der Waals surface area contributed by atoms with Crippen molar-refractivity contribution in [1.29, 1.82) is 0 Å². The van der Waals surface area contributed by atoms with Crippen LogP contribution in [0, 0.1) is 12.7 Å². The van der Waals surface area contributed by atoms with Gasteiger partial charge in [0.2, 0.25) is 0 Å². The molecule has 0 aliphatic rings. The number of nitrogens with zero attached hydrogens (tertiary/aromatic N) is 4. The van der Waals surface area contributed by atoms with Crippen LogP contribution in [0.3, 0.4) is 0 Å². The van der Waals surface area contributed by atoms with Gasteiger partial charge in [-0.2, -0.15) is 4.68 Å². The van der Waals surface area contributed by atoms with Crippen LogP contribution in [-0.4, -0.2) is 25.7 Å². The number of benzene rings is 1. The van der Waals surface area contributed by atoms with E-state index in [2.05, 4.69) is 20.8 Å². The van der Waals surface area contributed by atoms with Gasteiger partial charge in [-0.15, -0.1) is 5.10 Å². The van der Waals surface area contributed by atoms with E-state index in [1.165, 1.54) is 10.7 Å². The third-order valence-electron chi connectivity index (χ3n) is 2.64. The van der Waals surface area contributed by atoms with Crippen molar-refractivity contribution in [3.05, 3.63) is 35.4 Å². The van der Waals surface area contributed by atoms with Crippen molar-refractivity contribution in [2.24, 2.45) is 0 Å². The minimum absolute atomic E-state index is 0.0536. The number of hydrogen-bond acceptors (Lipinski definition) is 4. The predicted molar refractivity (Wildman–Crippen MR) is 70.4 cm³/mol. The van der Waals surface area contributed by atoms with Gasteiger partial charge in [-0.1, -0.05) is 6.07 Å². The van der Waals surface area contributed by atoms with E-state index >= 15 is 0 Å². The Bertz CT molecular complexity index is 571. The summed E-state index contributed by atoms with van der Waals surface area (Å²) in [5, 5.41) is 14.7. The Labute approximate surface area is 111 Å². The van der Waals surface area contributed by atoms with Crippen molar-refractivity contribution < 1.29 is 4.39 Å². The van der Waals surface area contributed by atoms with E-state index in [0.717, 1.165) is 5.56 Å². The van der Waals surface area contributed by atoms with Crippen LogP contribution in [-0.2, 0) is 6.54 Å². The lowest BCUT2D eigenvalue weighted by Crippen LogP contribution is -2.36. The number of aryl methyl sites for hydroxylation is 1. The van der Waals surface area contributed by atoms with Gasteiger partial charge in [0.15, 0.2) is 5.82 Å². The Hall–Kier alpha value is -1.82. The van der Waals surface area contributed by atoms with Crippen LogP contribution in [0.2, 0.25) is 0 Å². The highest BCUT2D eigenvalue weighted by atomic mass is 19.1.